The molecule has 0 aliphatic rings. The Labute approximate surface area is 114 Å². The molecule has 11 N–H and O–H groups in total. The molecule has 20 heavy (non-hydrogen) atoms. The van der Waals surface area contributed by atoms with Crippen LogP contribution in [0.5, 0.6) is 0 Å². The normalized spacial score (nSPS) is 15.1. The maximum atomic E-state index is 9.90. The van der Waals surface area contributed by atoms with E-state index in [1.807, 2.05) is 0 Å². The predicted octanol–water partition coefficient (Wildman–Crippen LogP) is -4.45. The molecule has 0 heterocycles. The van der Waals surface area contributed by atoms with Crippen molar-refractivity contribution in [1.82, 2.24) is 0 Å². The molecule has 120 valence electrons. The third-order valence-electron chi connectivity index (χ3n) is 1.42. The average Bonchev–Trinajstić information content (AvgIpc) is 2.33. The summed E-state index contributed by atoms with van der Waals surface area (Å²) in [4.78, 5) is 18.9. The number of hydrogen-bond donors (Lipinski definition) is 9. The summed E-state index contributed by atoms with van der Waals surface area (Å²) < 4.78 is 0. The van der Waals surface area contributed by atoms with Crippen LogP contribution in [-0.2, 0) is 9.59 Å². The van der Waals surface area contributed by atoms with Crippen LogP contribution in [0.1, 0.15) is 6.92 Å². The van der Waals surface area contributed by atoms with Crippen LogP contribution in [0.3, 0.4) is 0 Å². The number of aliphatic hydroxyl groups is 5. The summed E-state index contributed by atoms with van der Waals surface area (Å²) >= 11 is 0. The number of carboxylic acid groups (broad SMARTS) is 1. The Balaban J connectivity index is -0.000000297. The maximum Gasteiger partial charge on any atom is 0.300 e. The van der Waals surface area contributed by atoms with E-state index in [0.29, 0.717) is 0 Å². The zero-order valence-corrected chi connectivity index (χ0v) is 10.7. The van der Waals surface area contributed by atoms with Gasteiger partial charge >= 0.3 is 0 Å². The molecule has 0 aliphatic carbocycles. The quantitative estimate of drug-likeness (QED) is 0.134. The Morgan fingerprint density at radius 2 is 1.50 bits per heavy atom. The molecule has 0 radical (unpaired) electrons. The minimum atomic E-state index is -1.79. The van der Waals surface area contributed by atoms with Crippen molar-refractivity contribution in [2.75, 3.05) is 6.61 Å². The molecule has 11 heteroatoms. The fourth-order valence-electron chi connectivity index (χ4n) is 0.618. The third kappa shape index (κ3) is 18.6. The van der Waals surface area contributed by atoms with Gasteiger partial charge in [0, 0.05) is 6.92 Å². The lowest BCUT2D eigenvalue weighted by atomic mass is 10.0. The highest BCUT2D eigenvalue weighted by Crippen LogP contribution is 2.02. The molecule has 0 spiro atoms. The van der Waals surface area contributed by atoms with Gasteiger partial charge in [-0.15, -0.1) is 0 Å². The van der Waals surface area contributed by atoms with Gasteiger partial charge in [-0.25, -0.2) is 0 Å². The van der Waals surface area contributed by atoms with E-state index in [2.05, 4.69) is 11.5 Å². The molecule has 0 fully saturated rings. The first-order chi connectivity index (χ1) is 9.00. The van der Waals surface area contributed by atoms with Gasteiger partial charge in [-0.2, -0.15) is 0 Å². The summed E-state index contributed by atoms with van der Waals surface area (Å²) in [7, 11) is 0. The summed E-state index contributed by atoms with van der Waals surface area (Å²) in [5, 5.41) is 57.0. The molecule has 0 rings (SSSR count). The molecule has 0 aliphatic heterocycles. The molecule has 0 amide bonds. The predicted molar refractivity (Wildman–Crippen MR) is 66.6 cm³/mol. The second-order valence-electron chi connectivity index (χ2n) is 3.33. The molecule has 0 aromatic carbocycles. The Morgan fingerprint density at radius 1 is 1.20 bits per heavy atom. The molecule has 4 atom stereocenters. The minimum Gasteiger partial charge on any atom is -0.481 e. The highest BCUT2D eigenvalue weighted by molar-refractivity contribution is 5.71. The van der Waals surface area contributed by atoms with Gasteiger partial charge in [0.15, 0.2) is 12.2 Å². The van der Waals surface area contributed by atoms with Gasteiger partial charge in [0.1, 0.15) is 24.4 Å². The van der Waals surface area contributed by atoms with Gasteiger partial charge in [0.25, 0.3) is 5.97 Å². The molecule has 11 nitrogen and oxygen atoms in total. The van der Waals surface area contributed by atoms with Gasteiger partial charge in [0.2, 0.25) is 0 Å². The average molecular weight is 299 g/mol. The van der Waals surface area contributed by atoms with E-state index in [4.69, 9.17) is 40.8 Å². The number of carboxylic acids is 1. The molecule has 0 aromatic heterocycles. The van der Waals surface area contributed by atoms with Crippen molar-refractivity contribution >= 4 is 18.2 Å². The molecule has 0 aromatic rings. The Kier molecular flexibility index (Phi) is 15.9. The lowest BCUT2D eigenvalue weighted by Crippen LogP contribution is -2.46. The number of rotatable bonds is 5. The Morgan fingerprint density at radius 3 is 1.70 bits per heavy atom. The van der Waals surface area contributed by atoms with Crippen LogP contribution >= 0.6 is 0 Å². The van der Waals surface area contributed by atoms with Crippen LogP contribution in [-0.4, -0.2) is 79.9 Å². The highest BCUT2D eigenvalue weighted by Gasteiger charge is 2.29. The van der Waals surface area contributed by atoms with Crippen molar-refractivity contribution in [3.05, 3.63) is 0 Å². The smallest absolute Gasteiger partial charge is 0.300 e. The van der Waals surface area contributed by atoms with E-state index >= 15 is 0 Å². The molecule has 0 saturated heterocycles. The van der Waals surface area contributed by atoms with E-state index in [1.165, 1.54) is 0 Å². The van der Waals surface area contributed by atoms with Crippen LogP contribution in [0.4, 0.5) is 0 Å². The van der Waals surface area contributed by atoms with Gasteiger partial charge < -0.3 is 46.9 Å². The van der Waals surface area contributed by atoms with Crippen LogP contribution < -0.4 is 11.5 Å². The van der Waals surface area contributed by atoms with Crippen molar-refractivity contribution in [3.63, 3.8) is 0 Å². The molecular formula is C9H21N3O8. The number of aliphatic carboxylic acids is 1. The summed E-state index contributed by atoms with van der Waals surface area (Å²) in [5.74, 6) is -1.17. The number of guanidine groups is 1. The minimum absolute atomic E-state index is 0.0258. The van der Waals surface area contributed by atoms with E-state index < -0.39 is 37.0 Å². The van der Waals surface area contributed by atoms with Crippen molar-refractivity contribution < 1.29 is 40.2 Å². The standard InChI is InChI=1S/C6H12O6.C2H4O2.CH5N3/c7-1-3(9)5(11)6(12)4(10)2-8;1-2(3)4;2-1(3)4/h1,3-6,8-12H,2H2;1H3,(H,3,4);(H5,2,3,4)/t3-,4+,5+,6+;;/m0../s1. The van der Waals surface area contributed by atoms with Gasteiger partial charge in [-0.1, -0.05) is 0 Å². The number of aliphatic hydroxyl groups excluding tert-OH is 5. The van der Waals surface area contributed by atoms with Crippen LogP contribution in [0.15, 0.2) is 0 Å². The van der Waals surface area contributed by atoms with Crippen LogP contribution in [0.25, 0.3) is 0 Å². The highest BCUT2D eigenvalue weighted by atomic mass is 16.4. The Hall–Kier alpha value is -1.79. The van der Waals surface area contributed by atoms with Gasteiger partial charge in [-0.05, 0) is 0 Å². The van der Waals surface area contributed by atoms with Crippen LogP contribution in [0.2, 0.25) is 0 Å². The summed E-state index contributed by atoms with van der Waals surface area (Å²) in [6.45, 7) is 0.323. The molecule has 0 saturated carbocycles. The van der Waals surface area contributed by atoms with Crippen molar-refractivity contribution in [1.29, 1.82) is 5.41 Å². The lowest BCUT2D eigenvalue weighted by Gasteiger charge is -2.22. The van der Waals surface area contributed by atoms with E-state index in [1.54, 1.807) is 0 Å². The fraction of sp³-hybridized carbons (Fsp3) is 0.667. The monoisotopic (exact) mass is 299 g/mol. The van der Waals surface area contributed by atoms with Crippen molar-refractivity contribution in [3.8, 4) is 0 Å². The largest absolute Gasteiger partial charge is 0.481 e. The van der Waals surface area contributed by atoms with E-state index in [-0.39, 0.29) is 12.2 Å². The van der Waals surface area contributed by atoms with Crippen molar-refractivity contribution in [2.24, 2.45) is 11.5 Å². The zero-order valence-electron chi connectivity index (χ0n) is 10.7. The lowest BCUT2D eigenvalue weighted by molar-refractivity contribution is -0.136. The van der Waals surface area contributed by atoms with Crippen LogP contribution in [0, 0.1) is 5.41 Å². The SMILES string of the molecule is CC(=O)O.N=C(N)N.O=C[C@H](O)[C@@H](O)[C@H](O)[C@H](O)CO. The third-order valence-corrected chi connectivity index (χ3v) is 1.42. The zero-order chi connectivity index (χ0) is 16.9. The Bertz CT molecular complexity index is 268. The van der Waals surface area contributed by atoms with Gasteiger partial charge in [-0.3, -0.25) is 10.2 Å². The summed E-state index contributed by atoms with van der Waals surface area (Å²) in [5.41, 5.74) is 8.94. The van der Waals surface area contributed by atoms with E-state index in [0.717, 1.165) is 6.92 Å². The summed E-state index contributed by atoms with van der Waals surface area (Å²) in [6.07, 6.45) is -6.84. The number of nitrogens with two attached hydrogens (primary N) is 2. The first kappa shape index (κ1) is 23.3. The van der Waals surface area contributed by atoms with Crippen molar-refractivity contribution in [2.45, 2.75) is 31.3 Å². The molecular weight excluding hydrogens is 278 g/mol. The number of nitrogens with one attached hydrogen (secondary N) is 1. The number of carbonyl (C=O) groups excluding carboxylic acids is 1. The number of carbonyl (C=O) groups is 2. The topological polar surface area (TPSA) is 231 Å². The van der Waals surface area contributed by atoms with Gasteiger partial charge in [0.05, 0.1) is 6.61 Å². The first-order valence-electron chi connectivity index (χ1n) is 5.08. The second-order valence-corrected chi connectivity index (χ2v) is 3.33. The van der Waals surface area contributed by atoms with E-state index in [9.17, 15) is 4.79 Å². The summed E-state index contributed by atoms with van der Waals surface area (Å²) in [6, 6.07) is 0. The fourth-order valence-corrected chi connectivity index (χ4v) is 0.618. The first-order valence-corrected chi connectivity index (χ1v) is 5.08. The number of aldehydes is 1. The molecule has 0 bridgehead atoms. The second kappa shape index (κ2) is 13.6. The number of hydrogen-bond acceptors (Lipinski definition) is 8. The maximum absolute atomic E-state index is 9.90. The molecule has 0 unspecified atom stereocenters.